The standard InChI is InChI=1S/C17H19NO2/c1-12-7-8-13(2)15(9-12)11-20-17(19)10-14-5-3-4-6-16(14)18/h3-9H,10-11,18H2,1-2H3. The van der Waals surface area contributed by atoms with Gasteiger partial charge in [-0.25, -0.2) is 0 Å². The van der Waals surface area contributed by atoms with Crippen molar-refractivity contribution >= 4 is 11.7 Å². The zero-order valence-electron chi connectivity index (χ0n) is 11.8. The topological polar surface area (TPSA) is 52.3 Å². The number of hydrogen-bond donors (Lipinski definition) is 1. The van der Waals surface area contributed by atoms with Crippen LogP contribution in [0.1, 0.15) is 22.3 Å². The van der Waals surface area contributed by atoms with Crippen LogP contribution in [0, 0.1) is 13.8 Å². The monoisotopic (exact) mass is 269 g/mol. The fraction of sp³-hybridized carbons (Fsp3) is 0.235. The molecule has 0 radical (unpaired) electrons. The minimum absolute atomic E-state index is 0.206. The normalized spacial score (nSPS) is 10.3. The lowest BCUT2D eigenvalue weighted by Crippen LogP contribution is -2.10. The van der Waals surface area contributed by atoms with Crippen molar-refractivity contribution < 1.29 is 9.53 Å². The Morgan fingerprint density at radius 1 is 1.10 bits per heavy atom. The molecular weight excluding hydrogens is 250 g/mol. The first kappa shape index (κ1) is 14.1. The van der Waals surface area contributed by atoms with Gasteiger partial charge in [0.25, 0.3) is 0 Å². The van der Waals surface area contributed by atoms with E-state index in [0.717, 1.165) is 22.3 Å². The Hall–Kier alpha value is -2.29. The van der Waals surface area contributed by atoms with Crippen LogP contribution in [0.15, 0.2) is 42.5 Å². The molecule has 0 spiro atoms. The molecule has 0 aromatic heterocycles. The number of rotatable bonds is 4. The van der Waals surface area contributed by atoms with Gasteiger partial charge in [-0.3, -0.25) is 4.79 Å². The van der Waals surface area contributed by atoms with E-state index in [1.54, 1.807) is 6.07 Å². The summed E-state index contributed by atoms with van der Waals surface area (Å²) in [7, 11) is 0. The van der Waals surface area contributed by atoms with E-state index in [1.807, 2.05) is 50.2 Å². The summed E-state index contributed by atoms with van der Waals surface area (Å²) in [4.78, 5) is 11.9. The predicted molar refractivity (Wildman–Crippen MR) is 80.3 cm³/mol. The number of nitrogen functional groups attached to an aromatic ring is 1. The highest BCUT2D eigenvalue weighted by molar-refractivity contribution is 5.74. The molecule has 0 atom stereocenters. The number of aryl methyl sites for hydroxylation is 2. The summed E-state index contributed by atoms with van der Waals surface area (Å²) in [6, 6.07) is 13.5. The maximum Gasteiger partial charge on any atom is 0.310 e. The molecule has 0 fully saturated rings. The molecule has 104 valence electrons. The molecule has 3 nitrogen and oxygen atoms in total. The SMILES string of the molecule is Cc1ccc(C)c(COC(=O)Cc2ccccc2N)c1. The Kier molecular flexibility index (Phi) is 4.41. The molecule has 20 heavy (non-hydrogen) atoms. The number of para-hydroxylation sites is 1. The molecule has 0 aliphatic rings. The predicted octanol–water partition coefficient (Wildman–Crippen LogP) is 3.17. The van der Waals surface area contributed by atoms with Gasteiger partial charge in [0, 0.05) is 5.69 Å². The fourth-order valence-corrected chi connectivity index (χ4v) is 2.02. The van der Waals surface area contributed by atoms with Crippen LogP contribution in [0.3, 0.4) is 0 Å². The summed E-state index contributed by atoms with van der Waals surface area (Å²) < 4.78 is 5.33. The Bertz CT molecular complexity index is 620. The highest BCUT2D eigenvalue weighted by Crippen LogP contribution is 2.14. The zero-order valence-corrected chi connectivity index (χ0v) is 11.8. The highest BCUT2D eigenvalue weighted by Gasteiger charge is 2.08. The first-order chi connectivity index (χ1) is 9.56. The van der Waals surface area contributed by atoms with Crippen LogP contribution in [-0.4, -0.2) is 5.97 Å². The molecule has 0 unspecified atom stereocenters. The Morgan fingerprint density at radius 2 is 1.85 bits per heavy atom. The van der Waals surface area contributed by atoms with Gasteiger partial charge in [0.05, 0.1) is 6.42 Å². The van der Waals surface area contributed by atoms with Crippen LogP contribution >= 0.6 is 0 Å². The largest absolute Gasteiger partial charge is 0.461 e. The maximum atomic E-state index is 11.9. The molecule has 2 N–H and O–H groups in total. The number of anilines is 1. The first-order valence-corrected chi connectivity index (χ1v) is 6.61. The molecule has 0 aliphatic heterocycles. The van der Waals surface area contributed by atoms with Gasteiger partial charge in [0.2, 0.25) is 0 Å². The average molecular weight is 269 g/mol. The second-order valence-electron chi connectivity index (χ2n) is 4.97. The summed E-state index contributed by atoms with van der Waals surface area (Å²) in [5.74, 6) is -0.260. The molecule has 0 saturated heterocycles. The second kappa shape index (κ2) is 6.24. The lowest BCUT2D eigenvalue weighted by atomic mass is 10.1. The summed E-state index contributed by atoms with van der Waals surface area (Å²) in [5.41, 5.74) is 10.6. The van der Waals surface area contributed by atoms with Gasteiger partial charge in [0.15, 0.2) is 0 Å². The summed E-state index contributed by atoms with van der Waals surface area (Å²) in [6.07, 6.45) is 0.206. The first-order valence-electron chi connectivity index (χ1n) is 6.61. The van der Waals surface area contributed by atoms with Gasteiger partial charge in [-0.1, -0.05) is 42.0 Å². The van der Waals surface area contributed by atoms with Crippen molar-refractivity contribution in [2.75, 3.05) is 5.73 Å². The minimum Gasteiger partial charge on any atom is -0.461 e. The molecule has 2 rings (SSSR count). The third kappa shape index (κ3) is 3.60. The highest BCUT2D eigenvalue weighted by atomic mass is 16.5. The lowest BCUT2D eigenvalue weighted by Gasteiger charge is -2.09. The Labute approximate surface area is 119 Å². The summed E-state index contributed by atoms with van der Waals surface area (Å²) in [6.45, 7) is 4.34. The molecule has 0 amide bonds. The molecule has 2 aromatic rings. The molecule has 0 heterocycles. The van der Waals surface area contributed by atoms with Crippen molar-refractivity contribution in [3.8, 4) is 0 Å². The van der Waals surface area contributed by atoms with E-state index in [4.69, 9.17) is 10.5 Å². The smallest absolute Gasteiger partial charge is 0.310 e. The summed E-state index contributed by atoms with van der Waals surface area (Å²) in [5, 5.41) is 0. The number of carbonyl (C=O) groups is 1. The van der Waals surface area contributed by atoms with Gasteiger partial charge in [-0.2, -0.15) is 0 Å². The number of carbonyl (C=O) groups excluding carboxylic acids is 1. The Balaban J connectivity index is 1.96. The number of hydrogen-bond acceptors (Lipinski definition) is 3. The van der Waals surface area contributed by atoms with Crippen LogP contribution in [-0.2, 0) is 22.6 Å². The van der Waals surface area contributed by atoms with E-state index in [2.05, 4.69) is 0 Å². The van der Waals surface area contributed by atoms with Crippen molar-refractivity contribution in [1.82, 2.24) is 0 Å². The molecule has 2 aromatic carbocycles. The van der Waals surface area contributed by atoms with Gasteiger partial charge in [0.1, 0.15) is 6.61 Å². The molecule has 0 saturated carbocycles. The van der Waals surface area contributed by atoms with E-state index in [-0.39, 0.29) is 12.4 Å². The third-order valence-electron chi connectivity index (χ3n) is 3.28. The van der Waals surface area contributed by atoms with Crippen LogP contribution in [0.25, 0.3) is 0 Å². The van der Waals surface area contributed by atoms with Gasteiger partial charge >= 0.3 is 5.97 Å². The molecular formula is C17H19NO2. The lowest BCUT2D eigenvalue weighted by molar-refractivity contribution is -0.144. The van der Waals surface area contributed by atoms with Crippen LogP contribution in [0.4, 0.5) is 5.69 Å². The van der Waals surface area contributed by atoms with E-state index in [1.165, 1.54) is 0 Å². The van der Waals surface area contributed by atoms with Crippen LogP contribution in [0.5, 0.6) is 0 Å². The third-order valence-corrected chi connectivity index (χ3v) is 3.28. The zero-order chi connectivity index (χ0) is 14.5. The average Bonchev–Trinajstić information content (AvgIpc) is 2.42. The van der Waals surface area contributed by atoms with Crippen LogP contribution < -0.4 is 5.73 Å². The van der Waals surface area contributed by atoms with E-state index >= 15 is 0 Å². The number of nitrogens with two attached hydrogens (primary N) is 1. The van der Waals surface area contributed by atoms with Crippen molar-refractivity contribution in [2.45, 2.75) is 26.9 Å². The van der Waals surface area contributed by atoms with Gasteiger partial charge in [-0.05, 0) is 36.6 Å². The van der Waals surface area contributed by atoms with E-state index < -0.39 is 0 Å². The minimum atomic E-state index is -0.260. The number of esters is 1. The quantitative estimate of drug-likeness (QED) is 0.685. The van der Waals surface area contributed by atoms with Crippen molar-refractivity contribution in [3.05, 3.63) is 64.7 Å². The Morgan fingerprint density at radius 3 is 2.60 bits per heavy atom. The van der Waals surface area contributed by atoms with Gasteiger partial charge < -0.3 is 10.5 Å². The van der Waals surface area contributed by atoms with Crippen molar-refractivity contribution in [3.63, 3.8) is 0 Å². The number of ether oxygens (including phenoxy) is 1. The molecule has 0 bridgehead atoms. The van der Waals surface area contributed by atoms with E-state index in [0.29, 0.717) is 12.3 Å². The van der Waals surface area contributed by atoms with E-state index in [9.17, 15) is 4.79 Å². The summed E-state index contributed by atoms with van der Waals surface area (Å²) >= 11 is 0. The molecule has 3 heteroatoms. The number of benzene rings is 2. The second-order valence-corrected chi connectivity index (χ2v) is 4.97. The fourth-order valence-electron chi connectivity index (χ4n) is 2.02. The molecule has 0 aliphatic carbocycles. The van der Waals surface area contributed by atoms with Crippen molar-refractivity contribution in [1.29, 1.82) is 0 Å². The van der Waals surface area contributed by atoms with Gasteiger partial charge in [-0.15, -0.1) is 0 Å². The maximum absolute atomic E-state index is 11.9. The van der Waals surface area contributed by atoms with Crippen molar-refractivity contribution in [2.24, 2.45) is 0 Å². The van der Waals surface area contributed by atoms with Crippen LogP contribution in [0.2, 0.25) is 0 Å².